The van der Waals surface area contributed by atoms with Crippen LogP contribution in [-0.2, 0) is 16.6 Å². The maximum absolute atomic E-state index is 12.1. The molecule has 1 aliphatic rings. The number of aromatic nitrogens is 2. The van der Waals surface area contributed by atoms with E-state index in [0.29, 0.717) is 19.0 Å². The number of rotatable bonds is 6. The Bertz CT molecular complexity index is 492. The van der Waals surface area contributed by atoms with Gasteiger partial charge in [-0.25, -0.2) is 13.1 Å². The molecule has 0 saturated heterocycles. The molecule has 0 amide bonds. The number of aliphatic hydroxyl groups is 1. The molecule has 2 N–H and O–H groups in total. The van der Waals surface area contributed by atoms with Crippen molar-refractivity contribution in [3.8, 4) is 0 Å². The topological polar surface area (TPSA) is 84.2 Å². The second-order valence-electron chi connectivity index (χ2n) is 5.02. The number of nitrogens with zero attached hydrogens (tertiary/aromatic N) is 2. The zero-order valence-electron chi connectivity index (χ0n) is 11.0. The van der Waals surface area contributed by atoms with Crippen molar-refractivity contribution in [2.45, 2.75) is 43.5 Å². The number of hydrogen-bond acceptors (Lipinski definition) is 4. The molecule has 108 valence electrons. The minimum Gasteiger partial charge on any atom is -0.394 e. The van der Waals surface area contributed by atoms with Gasteiger partial charge in [-0.05, 0) is 18.8 Å². The highest BCUT2D eigenvalue weighted by molar-refractivity contribution is 7.89. The van der Waals surface area contributed by atoms with E-state index >= 15 is 0 Å². The van der Waals surface area contributed by atoms with E-state index in [1.54, 1.807) is 0 Å². The third kappa shape index (κ3) is 4.02. The summed E-state index contributed by atoms with van der Waals surface area (Å²) < 4.78 is 28.2. The molecule has 1 fully saturated rings. The summed E-state index contributed by atoms with van der Waals surface area (Å²) in [5.74, 6) is 0.455. The molecule has 0 unspecified atom stereocenters. The minimum atomic E-state index is -3.47. The lowest BCUT2D eigenvalue weighted by atomic mass is 9.90. The first-order valence-electron chi connectivity index (χ1n) is 6.75. The molecule has 1 aromatic heterocycles. The summed E-state index contributed by atoms with van der Waals surface area (Å²) in [4.78, 5) is 0.164. The number of sulfonamides is 1. The summed E-state index contributed by atoms with van der Waals surface area (Å²) in [5, 5.41) is 12.7. The highest BCUT2D eigenvalue weighted by Gasteiger charge is 2.20. The Morgan fingerprint density at radius 3 is 2.79 bits per heavy atom. The minimum absolute atomic E-state index is 0.0589. The van der Waals surface area contributed by atoms with Crippen LogP contribution in [0.5, 0.6) is 0 Å². The van der Waals surface area contributed by atoms with Crippen LogP contribution in [0.4, 0.5) is 0 Å². The fraction of sp³-hybridized carbons (Fsp3) is 0.750. The molecule has 0 spiro atoms. The van der Waals surface area contributed by atoms with E-state index in [1.807, 2.05) is 0 Å². The predicted octanol–water partition coefficient (Wildman–Crippen LogP) is 0.734. The first kappa shape index (κ1) is 14.5. The van der Waals surface area contributed by atoms with Gasteiger partial charge in [0.2, 0.25) is 10.0 Å². The molecule has 1 heterocycles. The van der Waals surface area contributed by atoms with Crippen LogP contribution in [0.1, 0.15) is 32.1 Å². The standard InChI is InChI=1S/C12H21N3O3S/c16-7-6-15-10-12(9-13-15)19(17,18)14-8-11-4-2-1-3-5-11/h9-11,14,16H,1-8H2. The fourth-order valence-corrected chi connectivity index (χ4v) is 3.48. The Hall–Kier alpha value is -0.920. The van der Waals surface area contributed by atoms with Gasteiger partial charge in [0.25, 0.3) is 0 Å². The third-order valence-corrected chi connectivity index (χ3v) is 4.91. The summed E-state index contributed by atoms with van der Waals surface area (Å²) in [6.45, 7) is 0.752. The Morgan fingerprint density at radius 2 is 2.11 bits per heavy atom. The Morgan fingerprint density at radius 1 is 1.37 bits per heavy atom. The Labute approximate surface area is 113 Å². The zero-order valence-corrected chi connectivity index (χ0v) is 11.8. The average molecular weight is 287 g/mol. The second-order valence-corrected chi connectivity index (χ2v) is 6.79. The molecular weight excluding hydrogens is 266 g/mol. The van der Waals surface area contributed by atoms with E-state index in [9.17, 15) is 8.42 Å². The molecule has 2 rings (SSSR count). The van der Waals surface area contributed by atoms with E-state index < -0.39 is 10.0 Å². The van der Waals surface area contributed by atoms with Crippen LogP contribution in [0.25, 0.3) is 0 Å². The van der Waals surface area contributed by atoms with Gasteiger partial charge in [-0.1, -0.05) is 19.3 Å². The number of aliphatic hydroxyl groups excluding tert-OH is 1. The normalized spacial score (nSPS) is 17.7. The Kier molecular flexibility index (Phi) is 4.95. The van der Waals surface area contributed by atoms with Gasteiger partial charge in [-0.15, -0.1) is 0 Å². The third-order valence-electron chi connectivity index (χ3n) is 3.54. The first-order valence-corrected chi connectivity index (χ1v) is 8.23. The van der Waals surface area contributed by atoms with E-state index in [2.05, 4.69) is 9.82 Å². The summed E-state index contributed by atoms with van der Waals surface area (Å²) >= 11 is 0. The van der Waals surface area contributed by atoms with Crippen LogP contribution in [0.15, 0.2) is 17.3 Å². The van der Waals surface area contributed by atoms with Crippen LogP contribution in [0.3, 0.4) is 0 Å². The van der Waals surface area contributed by atoms with Crippen molar-refractivity contribution in [1.82, 2.24) is 14.5 Å². The summed E-state index contributed by atoms with van der Waals surface area (Å²) in [6, 6.07) is 0. The monoisotopic (exact) mass is 287 g/mol. The maximum Gasteiger partial charge on any atom is 0.243 e. The molecule has 7 heteroatoms. The summed E-state index contributed by atoms with van der Waals surface area (Å²) in [6.07, 6.45) is 8.62. The van der Waals surface area contributed by atoms with E-state index in [1.165, 1.54) is 36.3 Å². The molecule has 0 radical (unpaired) electrons. The summed E-state index contributed by atoms with van der Waals surface area (Å²) in [7, 11) is -3.47. The lowest BCUT2D eigenvalue weighted by molar-refractivity contribution is 0.269. The Balaban J connectivity index is 1.92. The summed E-state index contributed by atoms with van der Waals surface area (Å²) in [5.41, 5.74) is 0. The first-order chi connectivity index (χ1) is 9.12. The molecular formula is C12H21N3O3S. The predicted molar refractivity (Wildman–Crippen MR) is 71.1 cm³/mol. The molecule has 19 heavy (non-hydrogen) atoms. The van der Waals surface area contributed by atoms with Gasteiger partial charge in [-0.2, -0.15) is 5.10 Å². The van der Waals surface area contributed by atoms with E-state index in [-0.39, 0.29) is 11.5 Å². The van der Waals surface area contributed by atoms with E-state index in [4.69, 9.17) is 5.11 Å². The SMILES string of the molecule is O=S(=O)(NCC1CCCCC1)c1cnn(CCO)c1. The van der Waals surface area contributed by atoms with Gasteiger partial charge < -0.3 is 5.11 Å². The molecule has 0 bridgehead atoms. The van der Waals surface area contributed by atoms with Crippen LogP contribution in [0.2, 0.25) is 0 Å². The van der Waals surface area contributed by atoms with Crippen molar-refractivity contribution in [3.05, 3.63) is 12.4 Å². The van der Waals surface area contributed by atoms with Gasteiger partial charge in [0.1, 0.15) is 4.90 Å². The molecule has 0 aromatic carbocycles. The molecule has 1 aliphatic carbocycles. The lowest BCUT2D eigenvalue weighted by Crippen LogP contribution is -2.30. The highest BCUT2D eigenvalue weighted by atomic mass is 32.2. The van der Waals surface area contributed by atoms with Crippen molar-refractivity contribution in [2.75, 3.05) is 13.2 Å². The zero-order chi connectivity index (χ0) is 13.7. The van der Waals surface area contributed by atoms with Crippen LogP contribution in [-0.4, -0.2) is 36.5 Å². The van der Waals surface area contributed by atoms with Gasteiger partial charge in [-0.3, -0.25) is 4.68 Å². The van der Waals surface area contributed by atoms with Crippen molar-refractivity contribution in [1.29, 1.82) is 0 Å². The maximum atomic E-state index is 12.1. The van der Waals surface area contributed by atoms with Crippen LogP contribution < -0.4 is 4.72 Å². The number of nitrogens with one attached hydrogen (secondary N) is 1. The molecule has 1 saturated carbocycles. The lowest BCUT2D eigenvalue weighted by Gasteiger charge is -2.21. The van der Waals surface area contributed by atoms with Gasteiger partial charge in [0.05, 0.1) is 19.3 Å². The van der Waals surface area contributed by atoms with Crippen LogP contribution in [0, 0.1) is 5.92 Å². The molecule has 1 aromatic rings. The van der Waals surface area contributed by atoms with Crippen molar-refractivity contribution in [3.63, 3.8) is 0 Å². The van der Waals surface area contributed by atoms with Crippen molar-refractivity contribution in [2.24, 2.45) is 5.92 Å². The highest BCUT2D eigenvalue weighted by Crippen LogP contribution is 2.23. The van der Waals surface area contributed by atoms with Gasteiger partial charge in [0.15, 0.2) is 0 Å². The largest absolute Gasteiger partial charge is 0.394 e. The smallest absolute Gasteiger partial charge is 0.243 e. The van der Waals surface area contributed by atoms with Gasteiger partial charge in [0, 0.05) is 12.7 Å². The van der Waals surface area contributed by atoms with Crippen LogP contribution >= 0.6 is 0 Å². The van der Waals surface area contributed by atoms with Gasteiger partial charge >= 0.3 is 0 Å². The quantitative estimate of drug-likeness (QED) is 0.808. The molecule has 6 nitrogen and oxygen atoms in total. The van der Waals surface area contributed by atoms with E-state index in [0.717, 1.165) is 12.8 Å². The van der Waals surface area contributed by atoms with Crippen molar-refractivity contribution < 1.29 is 13.5 Å². The second kappa shape index (κ2) is 6.49. The number of hydrogen-bond donors (Lipinski definition) is 2. The fourth-order valence-electron chi connectivity index (χ4n) is 2.41. The molecule has 0 atom stereocenters. The van der Waals surface area contributed by atoms with Crippen molar-refractivity contribution >= 4 is 10.0 Å². The molecule has 0 aliphatic heterocycles. The average Bonchev–Trinajstić information content (AvgIpc) is 2.88.